The van der Waals surface area contributed by atoms with Gasteiger partial charge in [-0.25, -0.2) is 4.79 Å². The summed E-state index contributed by atoms with van der Waals surface area (Å²) >= 11 is 0. The molecule has 2 rings (SSSR count). The number of carbonyl (C=O) groups excluding carboxylic acids is 2. The van der Waals surface area contributed by atoms with Crippen LogP contribution >= 0.6 is 0 Å². The number of amides is 1. The van der Waals surface area contributed by atoms with Gasteiger partial charge in [0.1, 0.15) is 6.61 Å². The van der Waals surface area contributed by atoms with Crippen LogP contribution in [0.25, 0.3) is 5.57 Å². The summed E-state index contributed by atoms with van der Waals surface area (Å²) in [6.45, 7) is 9.25. The van der Waals surface area contributed by atoms with Crippen molar-refractivity contribution in [1.29, 1.82) is 0 Å². The third-order valence-electron chi connectivity index (χ3n) is 4.70. The first-order valence-corrected chi connectivity index (χ1v) is 10.5. The molecule has 0 aromatic heterocycles. The van der Waals surface area contributed by atoms with Crippen LogP contribution in [0.15, 0.2) is 54.6 Å². The molecule has 0 aliphatic heterocycles. The van der Waals surface area contributed by atoms with Gasteiger partial charge in [0.25, 0.3) is 0 Å². The summed E-state index contributed by atoms with van der Waals surface area (Å²) in [5.41, 5.74) is 2.63. The Labute approximate surface area is 184 Å². The summed E-state index contributed by atoms with van der Waals surface area (Å²) in [6.07, 6.45) is 1.61. The van der Waals surface area contributed by atoms with Crippen LogP contribution in [0.4, 0.5) is 0 Å². The van der Waals surface area contributed by atoms with Crippen LogP contribution in [0.5, 0.6) is 11.5 Å². The van der Waals surface area contributed by atoms with E-state index in [1.165, 1.54) is 0 Å². The average Bonchev–Trinajstić information content (AvgIpc) is 2.78. The van der Waals surface area contributed by atoms with Crippen LogP contribution in [0.1, 0.15) is 38.8 Å². The minimum absolute atomic E-state index is 0.0408. The van der Waals surface area contributed by atoms with E-state index in [1.807, 2.05) is 57.2 Å². The topological polar surface area (TPSA) is 65.1 Å². The van der Waals surface area contributed by atoms with Gasteiger partial charge in [-0.05, 0) is 56.5 Å². The van der Waals surface area contributed by atoms with E-state index < -0.39 is 5.97 Å². The predicted octanol–water partition coefficient (Wildman–Crippen LogP) is 4.48. The molecule has 0 unspecified atom stereocenters. The lowest BCUT2D eigenvalue weighted by atomic mass is 10.1. The number of nitrogens with zero attached hydrogens (tertiary/aromatic N) is 1. The summed E-state index contributed by atoms with van der Waals surface area (Å²) in [6, 6.07) is 15.2. The fourth-order valence-electron chi connectivity index (χ4n) is 2.96. The lowest BCUT2D eigenvalue weighted by Crippen LogP contribution is -2.28. The van der Waals surface area contributed by atoms with E-state index in [0.717, 1.165) is 16.7 Å². The van der Waals surface area contributed by atoms with Gasteiger partial charge >= 0.3 is 5.97 Å². The van der Waals surface area contributed by atoms with E-state index in [-0.39, 0.29) is 19.1 Å². The van der Waals surface area contributed by atoms with Gasteiger partial charge in [-0.15, -0.1) is 0 Å². The molecule has 1 amide bonds. The number of benzene rings is 2. The Morgan fingerprint density at radius 1 is 0.935 bits per heavy atom. The lowest BCUT2D eigenvalue weighted by molar-refractivity contribution is -0.145. The van der Waals surface area contributed by atoms with Gasteiger partial charge in [-0.1, -0.05) is 36.4 Å². The highest BCUT2D eigenvalue weighted by atomic mass is 16.6. The molecule has 0 heterocycles. The first-order valence-electron chi connectivity index (χ1n) is 10.5. The maximum Gasteiger partial charge on any atom is 0.344 e. The van der Waals surface area contributed by atoms with Crippen LogP contribution in [-0.2, 0) is 20.9 Å². The first kappa shape index (κ1) is 24.0. The van der Waals surface area contributed by atoms with Gasteiger partial charge in [0.2, 0.25) is 5.91 Å². The summed E-state index contributed by atoms with van der Waals surface area (Å²) in [5.74, 6) is 0.441. The van der Waals surface area contributed by atoms with Crippen LogP contribution in [0.3, 0.4) is 0 Å². The summed E-state index contributed by atoms with van der Waals surface area (Å²) in [5, 5.41) is 0. The summed E-state index contributed by atoms with van der Waals surface area (Å²) < 4.78 is 16.6. The third-order valence-corrected chi connectivity index (χ3v) is 4.70. The van der Waals surface area contributed by atoms with Gasteiger partial charge in [0, 0.05) is 19.2 Å². The number of carbonyl (C=O) groups is 2. The molecule has 0 atom stereocenters. The van der Waals surface area contributed by atoms with E-state index in [9.17, 15) is 9.59 Å². The normalized spacial score (nSPS) is 11.0. The number of likely N-dealkylation sites (N-methyl/N-ethyl adjacent to an activating group) is 1. The van der Waals surface area contributed by atoms with E-state index in [0.29, 0.717) is 31.2 Å². The Balaban J connectivity index is 2.24. The number of ether oxygens (including phenoxy) is 3. The second kappa shape index (κ2) is 12.4. The Kier molecular flexibility index (Phi) is 9.62. The van der Waals surface area contributed by atoms with Crippen molar-refractivity contribution in [2.24, 2.45) is 0 Å². The van der Waals surface area contributed by atoms with Gasteiger partial charge in [-0.2, -0.15) is 0 Å². The van der Waals surface area contributed by atoms with Crippen molar-refractivity contribution in [2.75, 3.05) is 26.3 Å². The molecule has 31 heavy (non-hydrogen) atoms. The van der Waals surface area contributed by atoms with E-state index in [4.69, 9.17) is 14.2 Å². The molecule has 0 aliphatic carbocycles. The van der Waals surface area contributed by atoms with Gasteiger partial charge in [0.05, 0.1) is 6.61 Å². The highest BCUT2D eigenvalue weighted by molar-refractivity contribution is 5.95. The zero-order valence-corrected chi connectivity index (χ0v) is 18.7. The summed E-state index contributed by atoms with van der Waals surface area (Å²) in [4.78, 5) is 25.9. The largest absolute Gasteiger partial charge is 0.485 e. The zero-order valence-electron chi connectivity index (χ0n) is 18.7. The zero-order chi connectivity index (χ0) is 22.6. The van der Waals surface area contributed by atoms with Gasteiger partial charge in [0.15, 0.2) is 18.1 Å². The molecule has 0 radical (unpaired) electrons. The molecule has 0 fully saturated rings. The minimum Gasteiger partial charge on any atom is -0.485 e. The molecular formula is C25H31NO5. The number of hydrogen-bond acceptors (Lipinski definition) is 5. The molecule has 6 nitrogen and oxygen atoms in total. The molecule has 6 heteroatoms. The predicted molar refractivity (Wildman–Crippen MR) is 121 cm³/mol. The maximum atomic E-state index is 12.4. The molecule has 2 aromatic rings. The molecule has 0 saturated carbocycles. The van der Waals surface area contributed by atoms with E-state index in [1.54, 1.807) is 30.0 Å². The van der Waals surface area contributed by atoms with E-state index in [2.05, 4.69) is 0 Å². The van der Waals surface area contributed by atoms with Crippen molar-refractivity contribution in [3.8, 4) is 11.5 Å². The monoisotopic (exact) mass is 425 g/mol. The van der Waals surface area contributed by atoms with Crippen molar-refractivity contribution >= 4 is 17.4 Å². The minimum atomic E-state index is -0.453. The standard InChI is InChI=1S/C25H31NO5/c1-5-26(6-2)24(27)15-19(4)21-13-14-22(30-17-20-11-9-8-10-12-20)23(16-21)31-18-25(28)29-7-3/h8-16H,5-7,17-18H2,1-4H3/b19-15+. The van der Waals surface area contributed by atoms with Gasteiger partial charge in [-0.3, -0.25) is 4.79 Å². The highest BCUT2D eigenvalue weighted by Crippen LogP contribution is 2.32. The molecule has 0 saturated heterocycles. The summed E-state index contributed by atoms with van der Waals surface area (Å²) in [7, 11) is 0. The fraction of sp³-hybridized carbons (Fsp3) is 0.360. The number of esters is 1. The fourth-order valence-corrected chi connectivity index (χ4v) is 2.96. The SMILES string of the molecule is CCOC(=O)COc1cc(/C(C)=C/C(=O)N(CC)CC)ccc1OCc1ccccc1. The Hall–Kier alpha value is -3.28. The second-order valence-electron chi connectivity index (χ2n) is 6.87. The molecular weight excluding hydrogens is 394 g/mol. The number of allylic oxidation sites excluding steroid dienone is 1. The molecule has 0 N–H and O–H groups in total. The number of hydrogen-bond donors (Lipinski definition) is 0. The number of rotatable bonds is 11. The Morgan fingerprint density at radius 3 is 2.29 bits per heavy atom. The van der Waals surface area contributed by atoms with Crippen LogP contribution in [0, 0.1) is 0 Å². The molecule has 0 bridgehead atoms. The molecule has 0 aliphatic rings. The van der Waals surface area contributed by atoms with Crippen LogP contribution < -0.4 is 9.47 Å². The first-order chi connectivity index (χ1) is 15.0. The molecule has 0 spiro atoms. The van der Waals surface area contributed by atoms with Crippen molar-refractivity contribution in [1.82, 2.24) is 4.90 Å². The van der Waals surface area contributed by atoms with Crippen molar-refractivity contribution in [3.05, 3.63) is 65.7 Å². The van der Waals surface area contributed by atoms with Crippen molar-refractivity contribution in [3.63, 3.8) is 0 Å². The Bertz CT molecular complexity index is 888. The quantitative estimate of drug-likeness (QED) is 0.392. The second-order valence-corrected chi connectivity index (χ2v) is 6.87. The smallest absolute Gasteiger partial charge is 0.344 e. The molecule has 166 valence electrons. The maximum absolute atomic E-state index is 12.4. The van der Waals surface area contributed by atoms with Gasteiger partial charge < -0.3 is 19.1 Å². The average molecular weight is 426 g/mol. The van der Waals surface area contributed by atoms with Crippen LogP contribution in [0.2, 0.25) is 0 Å². The van der Waals surface area contributed by atoms with Crippen LogP contribution in [-0.4, -0.2) is 43.1 Å². The van der Waals surface area contributed by atoms with Crippen molar-refractivity contribution < 1.29 is 23.8 Å². The van der Waals surface area contributed by atoms with E-state index >= 15 is 0 Å². The van der Waals surface area contributed by atoms with Crippen molar-refractivity contribution in [2.45, 2.75) is 34.3 Å². The highest BCUT2D eigenvalue weighted by Gasteiger charge is 2.13. The molecule has 2 aromatic carbocycles. The lowest BCUT2D eigenvalue weighted by Gasteiger charge is -2.17. The Morgan fingerprint density at radius 2 is 1.65 bits per heavy atom. The third kappa shape index (κ3) is 7.48.